The van der Waals surface area contributed by atoms with Crippen LogP contribution in [-0.4, -0.2) is 31.6 Å². The SMILES string of the molecule is CS(=O)(=O)[O-].[2H]C([2H])([2H])[S+](=O)(Cc1ccccc1)C([2H])([2H])[2H]. The van der Waals surface area contributed by atoms with E-state index in [9.17, 15) is 4.21 Å². The Balaban J connectivity index is 0.000000763. The molecule has 0 radical (unpaired) electrons. The van der Waals surface area contributed by atoms with Gasteiger partial charge < -0.3 is 4.55 Å². The molecule has 0 fully saturated rings. The summed E-state index contributed by atoms with van der Waals surface area (Å²) in [4.78, 5) is 0. The molecule has 92 valence electrons. The van der Waals surface area contributed by atoms with Gasteiger partial charge in [-0.1, -0.05) is 30.3 Å². The van der Waals surface area contributed by atoms with E-state index < -0.39 is 38.2 Å². The highest BCUT2D eigenvalue weighted by Gasteiger charge is 2.12. The van der Waals surface area contributed by atoms with E-state index in [1.54, 1.807) is 30.3 Å². The summed E-state index contributed by atoms with van der Waals surface area (Å²) in [7, 11) is -7.89. The first-order valence-corrected chi connectivity index (χ1v) is 7.58. The maximum atomic E-state index is 12.3. The molecule has 16 heavy (non-hydrogen) atoms. The van der Waals surface area contributed by atoms with Gasteiger partial charge in [-0.3, -0.25) is 0 Å². The topological polar surface area (TPSA) is 74.3 Å². The van der Waals surface area contributed by atoms with Gasteiger partial charge in [0.05, 0.1) is 28.3 Å². The zero-order valence-corrected chi connectivity index (χ0v) is 10.2. The van der Waals surface area contributed by atoms with Crippen molar-refractivity contribution in [2.75, 3.05) is 18.6 Å². The zero-order valence-electron chi connectivity index (χ0n) is 14.5. The summed E-state index contributed by atoms with van der Waals surface area (Å²) in [6.07, 6.45) is -5.38. The largest absolute Gasteiger partial charge is 0.748 e. The Bertz CT molecular complexity index is 595. The lowest BCUT2D eigenvalue weighted by Gasteiger charge is -1.99. The molecule has 0 amide bonds. The molecular formula is C10H16O4S2. The first-order chi connectivity index (χ1) is 9.58. The number of rotatable bonds is 2. The Morgan fingerprint density at radius 1 is 1.31 bits per heavy atom. The van der Waals surface area contributed by atoms with Gasteiger partial charge in [-0.05, 0) is 0 Å². The Hall–Kier alpha value is -0.720. The van der Waals surface area contributed by atoms with E-state index in [1.807, 2.05) is 0 Å². The Kier molecular flexibility index (Phi) is 2.90. The third-order valence-electron chi connectivity index (χ3n) is 1.21. The van der Waals surface area contributed by atoms with Crippen LogP contribution in [0.2, 0.25) is 0 Å². The quantitative estimate of drug-likeness (QED) is 0.596. The number of hydrogen-bond donors (Lipinski definition) is 0. The molecular weight excluding hydrogens is 248 g/mol. The molecule has 0 heterocycles. The molecule has 0 unspecified atom stereocenters. The Labute approximate surface area is 106 Å². The number of hydrogen-bond acceptors (Lipinski definition) is 4. The van der Waals surface area contributed by atoms with Crippen LogP contribution in [0.25, 0.3) is 0 Å². The lowest BCUT2D eigenvalue weighted by Crippen LogP contribution is -2.07. The summed E-state index contributed by atoms with van der Waals surface area (Å²) in [6, 6.07) is 8.15. The summed E-state index contributed by atoms with van der Waals surface area (Å²) >= 11 is 0. The summed E-state index contributed by atoms with van der Waals surface area (Å²) in [5.41, 5.74) is 0.449. The smallest absolute Gasteiger partial charge is 0.136 e. The van der Waals surface area contributed by atoms with Gasteiger partial charge >= 0.3 is 0 Å². The molecule has 6 heteroatoms. The van der Waals surface area contributed by atoms with E-state index in [0.29, 0.717) is 11.8 Å². The normalized spacial score (nSPS) is 18.6. The second kappa shape index (κ2) is 6.12. The zero-order chi connectivity index (χ0) is 17.8. The van der Waals surface area contributed by atoms with Crippen LogP contribution in [0, 0.1) is 0 Å². The van der Waals surface area contributed by atoms with Crippen molar-refractivity contribution in [1.29, 1.82) is 0 Å². The van der Waals surface area contributed by atoms with Crippen LogP contribution < -0.4 is 0 Å². The molecule has 0 saturated heterocycles. The highest BCUT2D eigenvalue weighted by molar-refractivity contribution is 8.00. The average molecular weight is 270 g/mol. The van der Waals surface area contributed by atoms with Crippen molar-refractivity contribution in [2.24, 2.45) is 0 Å². The molecule has 0 N–H and O–H groups in total. The van der Waals surface area contributed by atoms with Crippen LogP contribution in [0.15, 0.2) is 30.3 Å². The first kappa shape index (κ1) is 7.58. The monoisotopic (exact) mass is 270 g/mol. The van der Waals surface area contributed by atoms with Gasteiger partial charge in [-0.15, -0.1) is 4.21 Å². The maximum absolute atomic E-state index is 12.3. The van der Waals surface area contributed by atoms with Crippen LogP contribution >= 0.6 is 0 Å². The highest BCUT2D eigenvalue weighted by atomic mass is 32.2. The molecule has 0 spiro atoms. The minimum atomic E-state index is -3.97. The van der Waals surface area contributed by atoms with E-state index in [1.165, 1.54) is 0 Å². The predicted octanol–water partition coefficient (Wildman–Crippen LogP) is 1.11. The molecule has 1 aromatic carbocycles. The van der Waals surface area contributed by atoms with Gasteiger partial charge in [0.2, 0.25) is 0 Å². The summed E-state index contributed by atoms with van der Waals surface area (Å²) in [5, 5.41) is 0. The molecule has 1 rings (SSSR count). The van der Waals surface area contributed by atoms with Crippen molar-refractivity contribution in [2.45, 2.75) is 5.75 Å². The van der Waals surface area contributed by atoms with Crippen LogP contribution in [0.3, 0.4) is 0 Å². The van der Waals surface area contributed by atoms with Gasteiger partial charge in [0.25, 0.3) is 0 Å². The van der Waals surface area contributed by atoms with Gasteiger partial charge in [0.15, 0.2) is 0 Å². The first-order valence-electron chi connectivity index (χ1n) is 7.04. The van der Waals surface area contributed by atoms with Crippen molar-refractivity contribution < 1.29 is 25.4 Å². The van der Waals surface area contributed by atoms with Crippen molar-refractivity contribution in [3.05, 3.63) is 35.9 Å². The molecule has 4 nitrogen and oxygen atoms in total. The summed E-state index contributed by atoms with van der Waals surface area (Å²) in [5.74, 6) is -0.458. The van der Waals surface area contributed by atoms with Crippen LogP contribution in [0.5, 0.6) is 0 Å². The fourth-order valence-corrected chi connectivity index (χ4v) is 1.47. The minimum Gasteiger partial charge on any atom is -0.748 e. The van der Waals surface area contributed by atoms with Gasteiger partial charge in [0, 0.05) is 11.8 Å². The van der Waals surface area contributed by atoms with Crippen LogP contribution in [-0.2, 0) is 30.0 Å². The van der Waals surface area contributed by atoms with E-state index >= 15 is 0 Å². The lowest BCUT2D eigenvalue weighted by molar-refractivity contribution is 0.470. The van der Waals surface area contributed by atoms with E-state index in [0.717, 1.165) is 0 Å². The average Bonchev–Trinajstić information content (AvgIpc) is 2.24. The van der Waals surface area contributed by atoms with Gasteiger partial charge in [0.1, 0.15) is 18.1 Å². The van der Waals surface area contributed by atoms with E-state index in [-0.39, 0.29) is 0 Å². The molecule has 0 aromatic heterocycles. The second-order valence-corrected chi connectivity index (χ2v) is 6.06. The van der Waals surface area contributed by atoms with Crippen LogP contribution in [0.1, 0.15) is 13.8 Å². The molecule has 1 aromatic rings. The number of benzene rings is 1. The second-order valence-electron chi connectivity index (χ2n) is 3.01. The molecule has 0 aliphatic carbocycles. The van der Waals surface area contributed by atoms with E-state index in [4.69, 9.17) is 21.2 Å². The van der Waals surface area contributed by atoms with Gasteiger partial charge in [-0.2, -0.15) is 0 Å². The summed E-state index contributed by atoms with van der Waals surface area (Å²) in [6.45, 7) is 0. The third-order valence-corrected chi connectivity index (χ3v) is 1.95. The standard InChI is InChI=1S/C9H13OS.CH4O3S/c1-11(2,10)8-9-6-4-3-5-7-9;1-5(2,3)4/h3-7H,8H2,1-2H3;1H3,(H,2,3,4)/q+1;/p-1/i1D3,2D3;. The fourth-order valence-electron chi connectivity index (χ4n) is 0.809. The lowest BCUT2D eigenvalue weighted by atomic mass is 10.2. The fraction of sp³-hybridized carbons (Fsp3) is 0.400. The van der Waals surface area contributed by atoms with E-state index in [2.05, 4.69) is 0 Å². The van der Waals surface area contributed by atoms with Crippen molar-refractivity contribution in [1.82, 2.24) is 0 Å². The molecule has 0 aliphatic heterocycles. The third kappa shape index (κ3) is 13.3. The molecule has 0 saturated carbocycles. The predicted molar refractivity (Wildman–Crippen MR) is 65.7 cm³/mol. The molecule has 0 bridgehead atoms. The van der Waals surface area contributed by atoms with Crippen LogP contribution in [0.4, 0.5) is 0 Å². The Morgan fingerprint density at radius 3 is 2.12 bits per heavy atom. The van der Waals surface area contributed by atoms with Crippen molar-refractivity contribution >= 4 is 20.1 Å². The molecule has 0 aliphatic rings. The highest BCUT2D eigenvalue weighted by Crippen LogP contribution is 2.07. The van der Waals surface area contributed by atoms with Crippen molar-refractivity contribution in [3.63, 3.8) is 0 Å². The summed E-state index contributed by atoms with van der Waals surface area (Å²) < 4.78 is 82.6. The van der Waals surface area contributed by atoms with Gasteiger partial charge in [-0.25, -0.2) is 8.42 Å². The Morgan fingerprint density at radius 2 is 1.75 bits per heavy atom. The van der Waals surface area contributed by atoms with Crippen molar-refractivity contribution in [3.8, 4) is 0 Å². The molecule has 0 atom stereocenters. The maximum Gasteiger partial charge on any atom is 0.136 e. The minimum absolute atomic E-state index is 0.449.